The van der Waals surface area contributed by atoms with Crippen LogP contribution in [0.1, 0.15) is 32.3 Å². The number of nitrogens with one attached hydrogen (secondary N) is 1. The third-order valence-corrected chi connectivity index (χ3v) is 5.40. The van der Waals surface area contributed by atoms with E-state index in [1.165, 1.54) is 37.9 Å². The van der Waals surface area contributed by atoms with Crippen LogP contribution >= 0.6 is 11.3 Å². The van der Waals surface area contributed by atoms with E-state index in [0.717, 1.165) is 12.5 Å². The van der Waals surface area contributed by atoms with E-state index in [9.17, 15) is 0 Å². The van der Waals surface area contributed by atoms with E-state index in [4.69, 9.17) is 0 Å². The zero-order valence-corrected chi connectivity index (χ0v) is 12.3. The van der Waals surface area contributed by atoms with Crippen molar-refractivity contribution >= 4 is 11.3 Å². The lowest BCUT2D eigenvalue weighted by molar-refractivity contribution is 0.0945. The smallest absolute Gasteiger partial charge is 0.0309 e. The van der Waals surface area contributed by atoms with Gasteiger partial charge in [0.1, 0.15) is 0 Å². The van der Waals surface area contributed by atoms with Gasteiger partial charge in [0.05, 0.1) is 0 Å². The molecule has 1 N–H and O–H groups in total. The molecule has 0 bridgehead atoms. The van der Waals surface area contributed by atoms with Crippen molar-refractivity contribution in [2.75, 3.05) is 19.6 Å². The van der Waals surface area contributed by atoms with Gasteiger partial charge in [-0.2, -0.15) is 11.3 Å². The van der Waals surface area contributed by atoms with E-state index < -0.39 is 0 Å². The van der Waals surface area contributed by atoms with Crippen molar-refractivity contribution in [1.29, 1.82) is 0 Å². The summed E-state index contributed by atoms with van der Waals surface area (Å²) in [4.78, 5) is 2.69. The van der Waals surface area contributed by atoms with Crippen molar-refractivity contribution < 1.29 is 0 Å². The van der Waals surface area contributed by atoms with Crippen LogP contribution in [0.15, 0.2) is 16.8 Å². The maximum atomic E-state index is 3.76. The van der Waals surface area contributed by atoms with Gasteiger partial charge in [0.2, 0.25) is 0 Å². The Bertz CT molecular complexity index is 385. The molecule has 2 fully saturated rings. The van der Waals surface area contributed by atoms with Crippen LogP contribution in [0.25, 0.3) is 0 Å². The van der Waals surface area contributed by atoms with Crippen molar-refractivity contribution in [2.24, 2.45) is 5.92 Å². The van der Waals surface area contributed by atoms with Gasteiger partial charge in [0.15, 0.2) is 0 Å². The zero-order valence-electron chi connectivity index (χ0n) is 11.5. The van der Waals surface area contributed by atoms with E-state index in [1.54, 1.807) is 0 Å². The van der Waals surface area contributed by atoms with Crippen LogP contribution in [-0.2, 0) is 6.42 Å². The Kier molecular flexibility index (Phi) is 3.48. The Labute approximate surface area is 114 Å². The minimum absolute atomic E-state index is 0.376. The fourth-order valence-corrected chi connectivity index (χ4v) is 3.97. The fraction of sp³-hybridized carbons (Fsp3) is 0.733. The van der Waals surface area contributed by atoms with Crippen LogP contribution in [-0.4, -0.2) is 36.1 Å². The summed E-state index contributed by atoms with van der Waals surface area (Å²) >= 11 is 1.81. The minimum Gasteiger partial charge on any atom is -0.309 e. The average molecular weight is 264 g/mol. The van der Waals surface area contributed by atoms with E-state index in [0.29, 0.717) is 11.6 Å². The molecule has 100 valence electrons. The average Bonchev–Trinajstić information content (AvgIpc) is 3.10. The SMILES string of the molecule is CC(Cc1ccsc1)N1CCNC(C)(C2CC2)C1. The molecule has 0 amide bonds. The lowest BCUT2D eigenvalue weighted by atomic mass is 9.91. The lowest BCUT2D eigenvalue weighted by Gasteiger charge is -2.44. The molecule has 3 rings (SSSR count). The summed E-state index contributed by atoms with van der Waals surface area (Å²) in [6.45, 7) is 8.39. The van der Waals surface area contributed by atoms with Crippen molar-refractivity contribution in [3.63, 3.8) is 0 Å². The highest BCUT2D eigenvalue weighted by Gasteiger charge is 2.44. The maximum absolute atomic E-state index is 3.76. The summed E-state index contributed by atoms with van der Waals surface area (Å²) in [6.07, 6.45) is 4.05. The first-order chi connectivity index (χ1) is 8.67. The van der Waals surface area contributed by atoms with E-state index in [2.05, 4.69) is 40.9 Å². The van der Waals surface area contributed by atoms with Gasteiger partial charge >= 0.3 is 0 Å². The summed E-state index contributed by atoms with van der Waals surface area (Å²) in [5, 5.41) is 8.24. The molecule has 1 aliphatic carbocycles. The number of rotatable bonds is 4. The second-order valence-electron chi connectivity index (χ2n) is 6.27. The van der Waals surface area contributed by atoms with Crippen LogP contribution in [0, 0.1) is 5.92 Å². The Morgan fingerprint density at radius 3 is 3.06 bits per heavy atom. The molecule has 1 aromatic rings. The third-order valence-electron chi connectivity index (χ3n) is 4.67. The van der Waals surface area contributed by atoms with Gasteiger partial charge in [-0.15, -0.1) is 0 Å². The molecule has 3 heteroatoms. The summed E-state index contributed by atoms with van der Waals surface area (Å²) in [6, 6.07) is 2.93. The van der Waals surface area contributed by atoms with Gasteiger partial charge in [-0.3, -0.25) is 4.90 Å². The fourth-order valence-electron chi connectivity index (χ4n) is 3.29. The largest absolute Gasteiger partial charge is 0.309 e. The highest BCUT2D eigenvalue weighted by atomic mass is 32.1. The molecule has 1 aromatic heterocycles. The third kappa shape index (κ3) is 2.63. The molecule has 2 heterocycles. The van der Waals surface area contributed by atoms with Crippen molar-refractivity contribution in [3.05, 3.63) is 22.4 Å². The Balaban J connectivity index is 1.61. The topological polar surface area (TPSA) is 15.3 Å². The number of hydrogen-bond acceptors (Lipinski definition) is 3. The number of hydrogen-bond donors (Lipinski definition) is 1. The van der Waals surface area contributed by atoms with Crippen molar-refractivity contribution in [2.45, 2.75) is 44.7 Å². The second-order valence-corrected chi connectivity index (χ2v) is 7.05. The van der Waals surface area contributed by atoms with Gasteiger partial charge in [-0.25, -0.2) is 0 Å². The van der Waals surface area contributed by atoms with Gasteiger partial charge in [-0.1, -0.05) is 0 Å². The summed E-state index contributed by atoms with van der Waals surface area (Å²) in [5.74, 6) is 0.925. The molecule has 1 saturated heterocycles. The number of nitrogens with zero attached hydrogens (tertiary/aromatic N) is 1. The number of piperazine rings is 1. The van der Waals surface area contributed by atoms with Crippen molar-refractivity contribution in [1.82, 2.24) is 10.2 Å². The van der Waals surface area contributed by atoms with Crippen LogP contribution < -0.4 is 5.32 Å². The van der Waals surface area contributed by atoms with E-state index >= 15 is 0 Å². The molecule has 2 atom stereocenters. The summed E-state index contributed by atoms with van der Waals surface area (Å²) in [7, 11) is 0. The Morgan fingerprint density at radius 2 is 2.39 bits per heavy atom. The molecular formula is C15H24N2S. The standard InChI is InChI=1S/C15H24N2S/c1-12(9-13-5-8-18-10-13)17-7-6-16-15(2,11-17)14-3-4-14/h5,8,10,12,14,16H,3-4,6-7,9,11H2,1-2H3. The highest BCUT2D eigenvalue weighted by molar-refractivity contribution is 7.07. The first-order valence-electron chi connectivity index (χ1n) is 7.17. The molecule has 18 heavy (non-hydrogen) atoms. The molecule has 0 radical (unpaired) electrons. The second kappa shape index (κ2) is 4.95. The Hall–Kier alpha value is -0.380. The maximum Gasteiger partial charge on any atom is 0.0309 e. The van der Waals surface area contributed by atoms with Crippen LogP contribution in [0.4, 0.5) is 0 Å². The Morgan fingerprint density at radius 1 is 1.56 bits per heavy atom. The molecule has 2 unspecified atom stereocenters. The van der Waals surface area contributed by atoms with Crippen molar-refractivity contribution in [3.8, 4) is 0 Å². The summed E-state index contributed by atoms with van der Waals surface area (Å²) < 4.78 is 0. The molecule has 2 aliphatic rings. The zero-order chi connectivity index (χ0) is 12.6. The monoisotopic (exact) mass is 264 g/mol. The van der Waals surface area contributed by atoms with Crippen LogP contribution in [0.5, 0.6) is 0 Å². The van der Waals surface area contributed by atoms with Gasteiger partial charge < -0.3 is 5.32 Å². The molecule has 0 aromatic carbocycles. The summed E-state index contributed by atoms with van der Waals surface area (Å²) in [5.41, 5.74) is 1.88. The molecular weight excluding hydrogens is 240 g/mol. The lowest BCUT2D eigenvalue weighted by Crippen LogP contribution is -2.61. The number of thiophene rings is 1. The molecule has 2 nitrogen and oxygen atoms in total. The van der Waals surface area contributed by atoms with E-state index in [-0.39, 0.29) is 0 Å². The minimum atomic E-state index is 0.376. The van der Waals surface area contributed by atoms with Gasteiger partial charge in [0, 0.05) is 31.2 Å². The van der Waals surface area contributed by atoms with Crippen LogP contribution in [0.2, 0.25) is 0 Å². The molecule has 1 saturated carbocycles. The highest BCUT2D eigenvalue weighted by Crippen LogP contribution is 2.41. The van der Waals surface area contributed by atoms with Crippen LogP contribution in [0.3, 0.4) is 0 Å². The van der Waals surface area contributed by atoms with Gasteiger partial charge in [-0.05, 0) is 61.4 Å². The first-order valence-corrected chi connectivity index (χ1v) is 8.12. The quantitative estimate of drug-likeness (QED) is 0.899. The molecule has 1 aliphatic heterocycles. The van der Waals surface area contributed by atoms with Gasteiger partial charge in [0.25, 0.3) is 0 Å². The van der Waals surface area contributed by atoms with E-state index in [1.807, 2.05) is 11.3 Å². The normalized spacial score (nSPS) is 31.4. The predicted molar refractivity (Wildman–Crippen MR) is 78.2 cm³/mol. The first kappa shape index (κ1) is 12.6. The predicted octanol–water partition coefficient (Wildman–Crippen LogP) is 2.75. The molecule has 0 spiro atoms.